The second-order valence-electron chi connectivity index (χ2n) is 5.20. The van der Waals surface area contributed by atoms with Gasteiger partial charge in [-0.05, 0) is 41.1 Å². The Hall–Kier alpha value is -1.31. The van der Waals surface area contributed by atoms with E-state index in [4.69, 9.17) is 0 Å². The molecule has 3 rings (SSSR count). The van der Waals surface area contributed by atoms with Gasteiger partial charge < -0.3 is 0 Å². The van der Waals surface area contributed by atoms with Crippen LogP contribution in [0.15, 0.2) is 39.7 Å². The zero-order valence-corrected chi connectivity index (χ0v) is 14.0. The molecule has 0 spiro atoms. The molecule has 0 aliphatic carbocycles. The molecule has 3 nitrogen and oxygen atoms in total. The van der Waals surface area contributed by atoms with Gasteiger partial charge in [0.2, 0.25) is 10.0 Å². The zero-order valence-electron chi connectivity index (χ0n) is 11.6. The first-order valence-electron chi connectivity index (χ1n) is 6.53. The van der Waals surface area contributed by atoms with Gasteiger partial charge in [-0.2, -0.15) is 4.31 Å². The maximum absolute atomic E-state index is 14.1. The molecule has 0 radical (unpaired) electrons. The standard InChI is InChI=1S/C15H12BrF2NO2S/c1-9-2-4-10(5-3-9)22(20,21)19-7-11-12(8-19)15(18)13(16)6-14(11)17/h2-6H,7-8H2,1H3. The van der Waals surface area contributed by atoms with E-state index in [1.54, 1.807) is 12.1 Å². The molecule has 0 unspecified atom stereocenters. The first-order valence-corrected chi connectivity index (χ1v) is 8.76. The molecule has 2 aromatic rings. The lowest BCUT2D eigenvalue weighted by Gasteiger charge is -2.15. The van der Waals surface area contributed by atoms with E-state index in [1.165, 1.54) is 12.1 Å². The summed E-state index contributed by atoms with van der Waals surface area (Å²) in [6.45, 7) is 1.51. The zero-order chi connectivity index (χ0) is 16.1. The van der Waals surface area contributed by atoms with Crippen LogP contribution in [0.1, 0.15) is 16.7 Å². The molecule has 22 heavy (non-hydrogen) atoms. The van der Waals surface area contributed by atoms with Crippen molar-refractivity contribution in [3.05, 3.63) is 63.1 Å². The average Bonchev–Trinajstić information content (AvgIpc) is 2.92. The number of rotatable bonds is 2. The van der Waals surface area contributed by atoms with E-state index in [9.17, 15) is 17.2 Å². The molecule has 116 valence electrons. The van der Waals surface area contributed by atoms with Crippen molar-refractivity contribution in [3.8, 4) is 0 Å². The van der Waals surface area contributed by atoms with Crippen LogP contribution < -0.4 is 0 Å². The molecular formula is C15H12BrF2NO2S. The van der Waals surface area contributed by atoms with Crippen molar-refractivity contribution in [1.29, 1.82) is 0 Å². The van der Waals surface area contributed by atoms with Gasteiger partial charge in [-0.15, -0.1) is 0 Å². The number of halogens is 3. The third-order valence-electron chi connectivity index (χ3n) is 3.71. The minimum absolute atomic E-state index is 0.00154. The van der Waals surface area contributed by atoms with Gasteiger partial charge in [-0.25, -0.2) is 17.2 Å². The number of benzene rings is 2. The van der Waals surface area contributed by atoms with Gasteiger partial charge in [0.1, 0.15) is 11.6 Å². The first kappa shape index (κ1) is 15.6. The van der Waals surface area contributed by atoms with E-state index in [1.807, 2.05) is 6.92 Å². The van der Waals surface area contributed by atoms with Crippen molar-refractivity contribution in [2.45, 2.75) is 24.9 Å². The van der Waals surface area contributed by atoms with Crippen LogP contribution in [0.4, 0.5) is 8.78 Å². The highest BCUT2D eigenvalue weighted by Gasteiger charge is 2.34. The maximum Gasteiger partial charge on any atom is 0.243 e. The highest BCUT2D eigenvalue weighted by molar-refractivity contribution is 9.10. The van der Waals surface area contributed by atoms with Gasteiger partial charge in [0.05, 0.1) is 9.37 Å². The number of hydrogen-bond donors (Lipinski definition) is 0. The lowest BCUT2D eigenvalue weighted by Crippen LogP contribution is -2.25. The van der Waals surface area contributed by atoms with Gasteiger partial charge in [-0.3, -0.25) is 0 Å². The van der Waals surface area contributed by atoms with Gasteiger partial charge in [0.15, 0.2) is 0 Å². The van der Waals surface area contributed by atoms with E-state index in [0.717, 1.165) is 15.9 Å². The SMILES string of the molecule is Cc1ccc(S(=O)(=O)N2Cc3c(F)cc(Br)c(F)c3C2)cc1. The number of aryl methyl sites for hydroxylation is 1. The van der Waals surface area contributed by atoms with E-state index < -0.39 is 21.7 Å². The Kier molecular flexibility index (Phi) is 3.82. The molecule has 1 aliphatic rings. The summed E-state index contributed by atoms with van der Waals surface area (Å²) in [5, 5.41) is 0. The van der Waals surface area contributed by atoms with Gasteiger partial charge >= 0.3 is 0 Å². The molecule has 2 aromatic carbocycles. The third kappa shape index (κ3) is 2.47. The minimum Gasteiger partial charge on any atom is -0.207 e. The molecule has 7 heteroatoms. The Morgan fingerprint density at radius 1 is 1.09 bits per heavy atom. The van der Waals surface area contributed by atoms with Crippen molar-refractivity contribution < 1.29 is 17.2 Å². The Labute approximate surface area is 135 Å². The lowest BCUT2D eigenvalue weighted by molar-refractivity contribution is 0.425. The van der Waals surface area contributed by atoms with Gasteiger partial charge in [-0.1, -0.05) is 17.7 Å². The van der Waals surface area contributed by atoms with E-state index in [2.05, 4.69) is 15.9 Å². The number of nitrogens with zero attached hydrogens (tertiary/aromatic N) is 1. The number of fused-ring (bicyclic) bond motifs is 1. The summed E-state index contributed by atoms with van der Waals surface area (Å²) in [5.74, 6) is -1.22. The van der Waals surface area contributed by atoms with Crippen LogP contribution in [0.5, 0.6) is 0 Å². The summed E-state index contributed by atoms with van der Waals surface area (Å²) in [4.78, 5) is 0.116. The molecule has 0 atom stereocenters. The Morgan fingerprint density at radius 2 is 1.68 bits per heavy atom. The largest absolute Gasteiger partial charge is 0.243 e. The van der Waals surface area contributed by atoms with Crippen LogP contribution in [0, 0.1) is 18.6 Å². The molecule has 1 heterocycles. The van der Waals surface area contributed by atoms with Crippen molar-refractivity contribution in [3.63, 3.8) is 0 Å². The Morgan fingerprint density at radius 3 is 2.32 bits per heavy atom. The summed E-state index contributed by atoms with van der Waals surface area (Å²) >= 11 is 2.94. The van der Waals surface area contributed by atoms with E-state index >= 15 is 0 Å². The van der Waals surface area contributed by atoms with E-state index in [0.29, 0.717) is 0 Å². The molecule has 0 saturated carbocycles. The predicted molar refractivity (Wildman–Crippen MR) is 81.7 cm³/mol. The van der Waals surface area contributed by atoms with Crippen LogP contribution in [0.2, 0.25) is 0 Å². The minimum atomic E-state index is -3.78. The monoisotopic (exact) mass is 387 g/mol. The van der Waals surface area contributed by atoms with Crippen LogP contribution >= 0.6 is 15.9 Å². The first-order chi connectivity index (χ1) is 10.3. The lowest BCUT2D eigenvalue weighted by atomic mass is 10.1. The number of sulfonamides is 1. The third-order valence-corrected chi connectivity index (χ3v) is 6.09. The van der Waals surface area contributed by atoms with Crippen molar-refractivity contribution in [1.82, 2.24) is 4.31 Å². The fraction of sp³-hybridized carbons (Fsp3) is 0.200. The molecule has 0 fully saturated rings. The van der Waals surface area contributed by atoms with Crippen LogP contribution in [-0.4, -0.2) is 12.7 Å². The summed E-state index contributed by atoms with van der Waals surface area (Å²) in [5.41, 5.74) is 1.11. The van der Waals surface area contributed by atoms with Gasteiger partial charge in [0, 0.05) is 24.2 Å². The smallest absolute Gasteiger partial charge is 0.207 e. The molecule has 0 N–H and O–H groups in total. The fourth-order valence-corrected chi connectivity index (χ4v) is 4.27. The summed E-state index contributed by atoms with van der Waals surface area (Å²) in [7, 11) is -3.78. The number of hydrogen-bond acceptors (Lipinski definition) is 2. The Bertz CT molecular complexity index is 851. The quantitative estimate of drug-likeness (QED) is 0.736. The van der Waals surface area contributed by atoms with Crippen molar-refractivity contribution in [2.24, 2.45) is 0 Å². The van der Waals surface area contributed by atoms with Crippen LogP contribution in [0.3, 0.4) is 0 Å². The Balaban J connectivity index is 2.01. The highest BCUT2D eigenvalue weighted by Crippen LogP contribution is 2.34. The fourth-order valence-electron chi connectivity index (χ4n) is 2.46. The second-order valence-corrected chi connectivity index (χ2v) is 7.99. The van der Waals surface area contributed by atoms with Crippen LogP contribution in [0.25, 0.3) is 0 Å². The molecule has 0 amide bonds. The van der Waals surface area contributed by atoms with Gasteiger partial charge in [0.25, 0.3) is 0 Å². The maximum atomic E-state index is 14.1. The topological polar surface area (TPSA) is 37.4 Å². The second kappa shape index (κ2) is 5.40. The molecule has 0 aromatic heterocycles. The normalized spacial score (nSPS) is 15.1. The summed E-state index contributed by atoms with van der Waals surface area (Å²) < 4.78 is 54.3. The summed E-state index contributed by atoms with van der Waals surface area (Å²) in [6.07, 6.45) is 0. The highest BCUT2D eigenvalue weighted by atomic mass is 79.9. The van der Waals surface area contributed by atoms with Crippen molar-refractivity contribution in [2.75, 3.05) is 0 Å². The molecule has 0 saturated heterocycles. The van der Waals surface area contributed by atoms with Crippen LogP contribution in [-0.2, 0) is 23.1 Å². The molecular weight excluding hydrogens is 376 g/mol. The molecule has 0 bridgehead atoms. The summed E-state index contributed by atoms with van der Waals surface area (Å²) in [6, 6.07) is 7.39. The average molecular weight is 388 g/mol. The van der Waals surface area contributed by atoms with E-state index in [-0.39, 0.29) is 33.6 Å². The predicted octanol–water partition coefficient (Wildman–Crippen LogP) is 3.74. The van der Waals surface area contributed by atoms with Crippen molar-refractivity contribution >= 4 is 26.0 Å². The molecule has 1 aliphatic heterocycles.